The third kappa shape index (κ3) is 4.83. The molecule has 0 radical (unpaired) electrons. The second-order valence-electron chi connectivity index (χ2n) is 10.3. The number of rotatable bonds is 7. The van der Waals surface area contributed by atoms with Gasteiger partial charge in [0, 0.05) is 0 Å². The summed E-state index contributed by atoms with van der Waals surface area (Å²) in [6.45, 7) is 0.586. The first kappa shape index (κ1) is 29.8. The van der Waals surface area contributed by atoms with Gasteiger partial charge in [-0.25, -0.2) is 0 Å². The fourth-order valence-electron chi connectivity index (χ4n) is 5.85. The van der Waals surface area contributed by atoms with Crippen molar-refractivity contribution in [3.05, 3.63) is 51.6 Å². The first-order valence-corrected chi connectivity index (χ1v) is 14.5. The van der Waals surface area contributed by atoms with Crippen LogP contribution in [0.15, 0.2) is 18.2 Å². The fourth-order valence-corrected chi connectivity index (χ4v) is 6.64. The van der Waals surface area contributed by atoms with Gasteiger partial charge in [0.15, 0.2) is 0 Å². The Hall–Kier alpha value is -2.65. The van der Waals surface area contributed by atoms with E-state index in [0.717, 1.165) is 13.5 Å². The van der Waals surface area contributed by atoms with Gasteiger partial charge in [0.05, 0.1) is 7.11 Å². The third-order valence-corrected chi connectivity index (χ3v) is 8.66. The summed E-state index contributed by atoms with van der Waals surface area (Å²) in [7, 11) is 6.21. The molecule has 2 aliphatic carbocycles. The SMILES string of the molecule is COc1cccc2c1C(=O)c1c(O)c3c(c(O)c1C2=O)C[C@@](O)(C(=O)CO)C[C@@H]3OC1CC([NH][Cu]=[S])C(O)C(C)O1. The Kier molecular flexibility index (Phi) is 8.16. The van der Waals surface area contributed by atoms with E-state index in [1.807, 2.05) is 0 Å². The van der Waals surface area contributed by atoms with Crippen molar-refractivity contribution >= 4 is 27.9 Å². The Morgan fingerprint density at radius 2 is 1.90 bits per heavy atom. The second-order valence-corrected chi connectivity index (χ2v) is 11.2. The molecule has 1 saturated heterocycles. The molecule has 1 fully saturated rings. The van der Waals surface area contributed by atoms with E-state index in [1.54, 1.807) is 6.92 Å². The van der Waals surface area contributed by atoms with Gasteiger partial charge >= 0.3 is 215 Å². The van der Waals surface area contributed by atoms with Crippen molar-refractivity contribution in [2.45, 2.75) is 62.4 Å². The van der Waals surface area contributed by atoms with Crippen LogP contribution in [0.25, 0.3) is 0 Å². The summed E-state index contributed by atoms with van der Waals surface area (Å²) in [5.74, 6) is -3.78. The van der Waals surface area contributed by atoms with Gasteiger partial charge in [-0.2, -0.15) is 0 Å². The molecule has 1 heterocycles. The molecule has 0 amide bonds. The van der Waals surface area contributed by atoms with E-state index in [-0.39, 0.29) is 34.4 Å². The van der Waals surface area contributed by atoms with E-state index >= 15 is 0 Å². The summed E-state index contributed by atoms with van der Waals surface area (Å²) in [6, 6.07) is 3.81. The molecular formula is C27H28CuNO11S. The summed E-state index contributed by atoms with van der Waals surface area (Å²) < 4.78 is 20.1. The number of carbonyl (C=O) groups is 3. The summed E-state index contributed by atoms with van der Waals surface area (Å²) >= 11 is 0.964. The molecular weight excluding hydrogens is 610 g/mol. The minimum absolute atomic E-state index is 0.0529. The molecule has 2 aromatic carbocycles. The maximum absolute atomic E-state index is 13.7. The number of ether oxygens (including phenoxy) is 3. The molecule has 3 aliphatic rings. The third-order valence-electron chi connectivity index (χ3n) is 7.91. The minimum atomic E-state index is -2.25. The number of phenolic OH excluding ortho intramolecular Hbond substituents is 2. The first-order valence-electron chi connectivity index (χ1n) is 12.6. The number of Topliss-reactive ketones (excluding diaryl/α,β-unsaturated/α-hetero) is 1. The number of benzene rings is 2. The van der Waals surface area contributed by atoms with Gasteiger partial charge in [0.2, 0.25) is 0 Å². The molecule has 2 aromatic rings. The molecule has 0 saturated carbocycles. The van der Waals surface area contributed by atoms with Gasteiger partial charge < -0.3 is 4.74 Å². The van der Waals surface area contributed by atoms with Crippen molar-refractivity contribution in [1.82, 2.24) is 4.33 Å². The van der Waals surface area contributed by atoms with Crippen LogP contribution >= 0.6 is 10.6 Å². The Bertz CT molecular complexity index is 1470. The van der Waals surface area contributed by atoms with Crippen molar-refractivity contribution in [2.75, 3.05) is 13.7 Å². The van der Waals surface area contributed by atoms with Gasteiger partial charge in [-0.1, -0.05) is 12.1 Å². The van der Waals surface area contributed by atoms with Crippen LogP contribution in [-0.4, -0.2) is 86.7 Å². The van der Waals surface area contributed by atoms with Crippen LogP contribution in [0.5, 0.6) is 17.2 Å². The molecule has 1 aliphatic heterocycles. The molecule has 0 aromatic heterocycles. The summed E-state index contributed by atoms with van der Waals surface area (Å²) in [6.07, 6.45) is -5.02. The van der Waals surface area contributed by atoms with Crippen molar-refractivity contribution in [1.29, 1.82) is 0 Å². The van der Waals surface area contributed by atoms with E-state index in [1.165, 1.54) is 25.3 Å². The van der Waals surface area contributed by atoms with Gasteiger partial charge in [-0.3, -0.25) is 0 Å². The van der Waals surface area contributed by atoms with Crippen molar-refractivity contribution in [3.8, 4) is 17.2 Å². The molecule has 12 nitrogen and oxygen atoms in total. The van der Waals surface area contributed by atoms with E-state index in [2.05, 4.69) is 4.33 Å². The topological polar surface area (TPSA) is 192 Å². The standard InChI is InChI=1S/C27H28NO11.Cu.S/c1-10-22(31)13(28)6-17(38-10)39-15-8-27(36,16(30)9-29)7-12-19(15)26(35)21-20(24(12)33)23(32)11-4-3-5-14(37-2)18(11)25(21)34;;/h3-5,10,13,15,17,22,28-29,31,33,35-36H,6-9H2,1-2H3;;/q-1;+1;/t10?,13?,15-,17?,22?,27-;;/m0../s1. The number of carbonyl (C=O) groups excluding carboxylic acids is 3. The molecule has 0 spiro atoms. The number of aromatic hydroxyl groups is 2. The normalized spacial score (nSPS) is 29.0. The predicted molar refractivity (Wildman–Crippen MR) is 138 cm³/mol. The zero-order valence-corrected chi connectivity index (χ0v) is 23.6. The Morgan fingerprint density at radius 3 is 2.56 bits per heavy atom. The molecule has 224 valence electrons. The zero-order valence-electron chi connectivity index (χ0n) is 21.8. The van der Waals surface area contributed by atoms with Crippen LogP contribution in [0.1, 0.15) is 68.8 Å². The van der Waals surface area contributed by atoms with Crippen LogP contribution in [0.3, 0.4) is 0 Å². The number of hydrogen-bond donors (Lipinski definition) is 6. The van der Waals surface area contributed by atoms with Crippen LogP contribution in [-0.2, 0) is 34.2 Å². The summed E-state index contributed by atoms with van der Waals surface area (Å²) in [5.41, 5.74) is -3.64. The number of aliphatic hydroxyl groups is 3. The molecule has 41 heavy (non-hydrogen) atoms. The number of fused-ring (bicyclic) bond motifs is 3. The number of hydrogen-bond acceptors (Lipinski definition) is 12. The average Bonchev–Trinajstić information content (AvgIpc) is 2.95. The van der Waals surface area contributed by atoms with Crippen molar-refractivity contribution < 1.29 is 67.7 Å². The number of ketones is 3. The zero-order chi connectivity index (χ0) is 29.8. The van der Waals surface area contributed by atoms with Crippen LogP contribution in [0.2, 0.25) is 0 Å². The Morgan fingerprint density at radius 1 is 1.20 bits per heavy atom. The average molecular weight is 638 g/mol. The van der Waals surface area contributed by atoms with Crippen LogP contribution in [0, 0.1) is 0 Å². The summed E-state index contributed by atoms with van der Waals surface area (Å²) in [5, 5.41) is 54.3. The van der Waals surface area contributed by atoms with Gasteiger partial charge in [0.25, 0.3) is 0 Å². The molecule has 4 unspecified atom stereocenters. The Balaban J connectivity index is 1.66. The number of methoxy groups -OCH3 is 1. The van der Waals surface area contributed by atoms with Crippen molar-refractivity contribution in [3.63, 3.8) is 0 Å². The van der Waals surface area contributed by atoms with Crippen LogP contribution in [0.4, 0.5) is 0 Å². The van der Waals surface area contributed by atoms with Gasteiger partial charge in [-0.05, 0) is 6.07 Å². The molecule has 6 N–H and O–H groups in total. The first-order chi connectivity index (χ1) is 19.5. The van der Waals surface area contributed by atoms with E-state index in [9.17, 15) is 39.9 Å². The second kappa shape index (κ2) is 11.2. The quantitative estimate of drug-likeness (QED) is 0.157. The molecule has 14 heteroatoms. The van der Waals surface area contributed by atoms with Gasteiger partial charge in [-0.15, -0.1) is 0 Å². The number of nitrogens with one attached hydrogen (secondary N) is 1. The molecule has 0 bridgehead atoms. The monoisotopic (exact) mass is 637 g/mol. The summed E-state index contributed by atoms with van der Waals surface area (Å²) in [4.78, 5) is 39.9. The van der Waals surface area contributed by atoms with Crippen LogP contribution < -0.4 is 9.07 Å². The van der Waals surface area contributed by atoms with E-state index < -0.39 is 95.7 Å². The van der Waals surface area contributed by atoms with Gasteiger partial charge in [0.1, 0.15) is 0 Å². The fraction of sp³-hybridized carbons (Fsp3) is 0.444. The molecule has 6 atom stereocenters. The van der Waals surface area contributed by atoms with E-state index in [4.69, 9.17) is 24.8 Å². The number of aliphatic hydroxyl groups excluding tert-OH is 2. The van der Waals surface area contributed by atoms with Crippen molar-refractivity contribution in [2.24, 2.45) is 0 Å². The number of phenols is 2. The molecule has 5 rings (SSSR count). The maximum atomic E-state index is 13.7. The Labute approximate surface area is 244 Å². The predicted octanol–water partition coefficient (Wildman–Crippen LogP) is 0.742. The van der Waals surface area contributed by atoms with E-state index in [0.29, 0.717) is 0 Å².